The molecule has 0 aliphatic rings. The summed E-state index contributed by atoms with van der Waals surface area (Å²) in [4.78, 5) is 24.4. The van der Waals surface area contributed by atoms with Crippen LogP contribution in [-0.4, -0.2) is 47.4 Å². The van der Waals surface area contributed by atoms with Crippen molar-refractivity contribution in [2.45, 2.75) is 309 Å². The van der Waals surface area contributed by atoms with Gasteiger partial charge in [0.05, 0.1) is 25.4 Å². The minimum Gasteiger partial charge on any atom is -0.466 e. The topological polar surface area (TPSA) is 95.9 Å². The van der Waals surface area contributed by atoms with E-state index in [1.807, 2.05) is 6.08 Å². The highest BCUT2D eigenvalue weighted by molar-refractivity contribution is 5.76. The Bertz CT molecular complexity index is 1110. The zero-order valence-electron chi connectivity index (χ0n) is 43.9. The summed E-state index contributed by atoms with van der Waals surface area (Å²) in [5, 5.41) is 23.1. The monoisotopic (exact) mass is 926 g/mol. The molecule has 0 saturated heterocycles. The fraction of sp³-hybridized carbons (Fsp3) is 0.833. The molecule has 1 amide bonds. The fourth-order valence-electron chi connectivity index (χ4n) is 8.61. The molecule has 0 bridgehead atoms. The lowest BCUT2D eigenvalue weighted by atomic mass is 10.0. The molecule has 6 heteroatoms. The lowest BCUT2D eigenvalue weighted by molar-refractivity contribution is -0.143. The SMILES string of the molecule is CCC/C=C\C/C=C\CCCCCCCC(=O)OCCCCCCCCCCCCCC/C=C\CCCCCCCCCC(=O)NC(CO)C(O)/C=C/CCCCCCCCCCCCC. The summed E-state index contributed by atoms with van der Waals surface area (Å²) in [5.41, 5.74) is 0. The standard InChI is InChI=1S/C60H111NO5/c1-3-5-7-9-11-13-15-28-32-36-40-44-48-52-58(63)57(56-62)61-59(64)53-49-45-41-37-33-30-26-24-22-20-18-17-19-21-23-25-27-31-35-39-43-47-51-55-66-60(65)54-50-46-42-38-34-29-16-14-12-10-8-6-4-2/h8,10,14,16,20,22,48,52,57-58,62-63H,3-7,9,11-13,15,17-19,21,23-47,49-51,53-56H2,1-2H3,(H,61,64)/b10-8-,16-14-,22-20-,52-48+. The Morgan fingerprint density at radius 1 is 0.424 bits per heavy atom. The van der Waals surface area contributed by atoms with Gasteiger partial charge in [-0.25, -0.2) is 0 Å². The molecule has 0 aromatic rings. The number of hydrogen-bond acceptors (Lipinski definition) is 5. The van der Waals surface area contributed by atoms with Gasteiger partial charge in [0.15, 0.2) is 0 Å². The van der Waals surface area contributed by atoms with Crippen LogP contribution in [-0.2, 0) is 14.3 Å². The van der Waals surface area contributed by atoms with Crippen molar-refractivity contribution in [2.24, 2.45) is 0 Å². The number of aliphatic hydroxyl groups is 2. The van der Waals surface area contributed by atoms with Crippen LogP contribution < -0.4 is 5.32 Å². The molecular weight excluding hydrogens is 815 g/mol. The van der Waals surface area contributed by atoms with E-state index in [0.29, 0.717) is 19.4 Å². The Balaban J connectivity index is 3.44. The first-order valence-corrected chi connectivity index (χ1v) is 28.9. The number of unbranched alkanes of at least 4 members (excludes halogenated alkanes) is 36. The van der Waals surface area contributed by atoms with E-state index in [9.17, 15) is 19.8 Å². The molecule has 0 aliphatic carbocycles. The van der Waals surface area contributed by atoms with Gasteiger partial charge in [0.25, 0.3) is 0 Å². The molecule has 3 N–H and O–H groups in total. The summed E-state index contributed by atoms with van der Waals surface area (Å²) in [7, 11) is 0. The van der Waals surface area contributed by atoms with Gasteiger partial charge in [-0.3, -0.25) is 9.59 Å². The molecule has 6 nitrogen and oxygen atoms in total. The zero-order chi connectivity index (χ0) is 47.9. The summed E-state index contributed by atoms with van der Waals surface area (Å²) in [5.74, 6) is -0.0803. The minimum atomic E-state index is -0.848. The second-order valence-corrected chi connectivity index (χ2v) is 19.6. The number of amides is 1. The Kier molecular flexibility index (Phi) is 53.6. The van der Waals surface area contributed by atoms with Gasteiger partial charge >= 0.3 is 5.97 Å². The number of carbonyl (C=O) groups excluding carboxylic acids is 2. The first kappa shape index (κ1) is 63.8. The number of carbonyl (C=O) groups is 2. The van der Waals surface area contributed by atoms with Gasteiger partial charge in [0.2, 0.25) is 5.91 Å². The molecular formula is C60H111NO5. The summed E-state index contributed by atoms with van der Waals surface area (Å²) in [6, 6.07) is -0.632. The van der Waals surface area contributed by atoms with Gasteiger partial charge in [-0.05, 0) is 83.5 Å². The molecule has 0 spiro atoms. The zero-order valence-corrected chi connectivity index (χ0v) is 43.9. The minimum absolute atomic E-state index is 0.00506. The van der Waals surface area contributed by atoms with Crippen molar-refractivity contribution >= 4 is 11.9 Å². The van der Waals surface area contributed by atoms with Crippen LogP contribution in [0.2, 0.25) is 0 Å². The lowest BCUT2D eigenvalue weighted by Gasteiger charge is -2.20. The van der Waals surface area contributed by atoms with E-state index in [-0.39, 0.29) is 18.5 Å². The summed E-state index contributed by atoms with van der Waals surface area (Å²) in [6.07, 6.45) is 69.9. The van der Waals surface area contributed by atoms with E-state index in [1.165, 1.54) is 212 Å². The Morgan fingerprint density at radius 2 is 0.788 bits per heavy atom. The smallest absolute Gasteiger partial charge is 0.305 e. The van der Waals surface area contributed by atoms with Crippen LogP contribution in [0.15, 0.2) is 48.6 Å². The molecule has 0 rings (SSSR count). The number of hydrogen-bond donors (Lipinski definition) is 3. The third kappa shape index (κ3) is 51.2. The Morgan fingerprint density at radius 3 is 1.23 bits per heavy atom. The van der Waals surface area contributed by atoms with Gasteiger partial charge in [0.1, 0.15) is 0 Å². The third-order valence-electron chi connectivity index (χ3n) is 13.0. The molecule has 0 aliphatic heterocycles. The number of esters is 1. The quantitative estimate of drug-likeness (QED) is 0.0321. The van der Waals surface area contributed by atoms with Crippen LogP contribution in [0.1, 0.15) is 296 Å². The van der Waals surface area contributed by atoms with Gasteiger partial charge in [-0.2, -0.15) is 0 Å². The number of aliphatic hydroxyl groups excluding tert-OH is 2. The molecule has 0 radical (unpaired) electrons. The first-order valence-electron chi connectivity index (χ1n) is 28.9. The molecule has 2 unspecified atom stereocenters. The van der Waals surface area contributed by atoms with Crippen molar-refractivity contribution in [3.8, 4) is 0 Å². The van der Waals surface area contributed by atoms with Crippen molar-refractivity contribution in [1.29, 1.82) is 0 Å². The van der Waals surface area contributed by atoms with Crippen molar-refractivity contribution in [2.75, 3.05) is 13.2 Å². The van der Waals surface area contributed by atoms with Crippen LogP contribution >= 0.6 is 0 Å². The second kappa shape index (κ2) is 55.4. The van der Waals surface area contributed by atoms with Crippen LogP contribution in [0.25, 0.3) is 0 Å². The van der Waals surface area contributed by atoms with Gasteiger partial charge in [-0.1, -0.05) is 249 Å². The second-order valence-electron chi connectivity index (χ2n) is 19.6. The summed E-state index contributed by atoms with van der Waals surface area (Å²) in [6.45, 7) is 4.82. The lowest BCUT2D eigenvalue weighted by Crippen LogP contribution is -2.45. The van der Waals surface area contributed by atoms with Gasteiger partial charge in [0, 0.05) is 12.8 Å². The predicted octanol–water partition coefficient (Wildman–Crippen LogP) is 17.8. The van der Waals surface area contributed by atoms with Gasteiger partial charge < -0.3 is 20.3 Å². The highest BCUT2D eigenvalue weighted by atomic mass is 16.5. The van der Waals surface area contributed by atoms with E-state index in [4.69, 9.17) is 4.74 Å². The number of nitrogens with one attached hydrogen (secondary N) is 1. The average molecular weight is 927 g/mol. The molecule has 0 fully saturated rings. The molecule has 66 heavy (non-hydrogen) atoms. The molecule has 0 heterocycles. The molecule has 386 valence electrons. The Labute approximate surface area is 410 Å². The molecule has 0 aromatic carbocycles. The van der Waals surface area contributed by atoms with E-state index < -0.39 is 12.1 Å². The number of allylic oxidation sites excluding steroid dienone is 7. The van der Waals surface area contributed by atoms with E-state index in [2.05, 4.69) is 55.6 Å². The predicted molar refractivity (Wildman–Crippen MR) is 287 cm³/mol. The van der Waals surface area contributed by atoms with E-state index in [1.54, 1.807) is 6.08 Å². The fourth-order valence-corrected chi connectivity index (χ4v) is 8.61. The normalized spacial score (nSPS) is 13.0. The average Bonchev–Trinajstić information content (AvgIpc) is 3.32. The largest absolute Gasteiger partial charge is 0.466 e. The maximum atomic E-state index is 12.4. The molecule has 0 aromatic heterocycles. The van der Waals surface area contributed by atoms with Gasteiger partial charge in [-0.15, -0.1) is 0 Å². The van der Waals surface area contributed by atoms with Crippen LogP contribution in [0.4, 0.5) is 0 Å². The molecule has 2 atom stereocenters. The maximum Gasteiger partial charge on any atom is 0.305 e. The first-order chi connectivity index (χ1) is 32.5. The summed E-state index contributed by atoms with van der Waals surface area (Å²) >= 11 is 0. The number of ether oxygens (including phenoxy) is 1. The summed E-state index contributed by atoms with van der Waals surface area (Å²) < 4.78 is 5.46. The van der Waals surface area contributed by atoms with E-state index in [0.717, 1.165) is 57.8 Å². The van der Waals surface area contributed by atoms with Crippen LogP contribution in [0.5, 0.6) is 0 Å². The van der Waals surface area contributed by atoms with Crippen molar-refractivity contribution in [3.05, 3.63) is 48.6 Å². The van der Waals surface area contributed by atoms with E-state index >= 15 is 0 Å². The van der Waals surface area contributed by atoms with Crippen molar-refractivity contribution in [1.82, 2.24) is 5.32 Å². The highest BCUT2D eigenvalue weighted by Crippen LogP contribution is 2.16. The van der Waals surface area contributed by atoms with Crippen LogP contribution in [0.3, 0.4) is 0 Å². The maximum absolute atomic E-state index is 12.4. The van der Waals surface area contributed by atoms with Crippen molar-refractivity contribution in [3.63, 3.8) is 0 Å². The van der Waals surface area contributed by atoms with Crippen molar-refractivity contribution < 1.29 is 24.5 Å². The third-order valence-corrected chi connectivity index (χ3v) is 13.0. The highest BCUT2D eigenvalue weighted by Gasteiger charge is 2.18. The van der Waals surface area contributed by atoms with Crippen LogP contribution in [0, 0.1) is 0 Å². The molecule has 0 saturated carbocycles. The Hall–Kier alpha value is -2.18. The number of rotatable bonds is 53.